The van der Waals surface area contributed by atoms with Crippen molar-refractivity contribution in [1.29, 1.82) is 0 Å². The Balaban J connectivity index is 1.97. The molecule has 2 amide bonds. The molecule has 0 saturated heterocycles. The van der Waals surface area contributed by atoms with Crippen molar-refractivity contribution in [1.82, 2.24) is 9.88 Å². The quantitative estimate of drug-likeness (QED) is 0.891. The maximum absolute atomic E-state index is 13.1. The van der Waals surface area contributed by atoms with Gasteiger partial charge in [0.15, 0.2) is 5.13 Å². The summed E-state index contributed by atoms with van der Waals surface area (Å²) in [6.07, 6.45) is 2.23. The number of aliphatic hydroxyl groups excluding tert-OH is 1. The van der Waals surface area contributed by atoms with Crippen molar-refractivity contribution in [3.8, 4) is 0 Å². The van der Waals surface area contributed by atoms with E-state index in [0.29, 0.717) is 11.6 Å². The number of carbonyl (C=O) groups excluding carboxylic acids is 1. The molecule has 0 atom stereocenters. The lowest BCUT2D eigenvalue weighted by Gasteiger charge is -2.14. The van der Waals surface area contributed by atoms with E-state index in [9.17, 15) is 9.18 Å². The molecule has 2 N–H and O–H groups in total. The highest BCUT2D eigenvalue weighted by molar-refractivity contribution is 7.15. The number of halogens is 1. The minimum Gasteiger partial charge on any atom is -0.395 e. The number of carbonyl (C=O) groups is 1. The summed E-state index contributed by atoms with van der Waals surface area (Å²) < 4.78 is 13.1. The molecule has 5 nitrogen and oxygen atoms in total. The number of hydrogen-bond acceptors (Lipinski definition) is 4. The molecule has 0 unspecified atom stereocenters. The summed E-state index contributed by atoms with van der Waals surface area (Å²) in [4.78, 5) is 18.2. The Kier molecular flexibility index (Phi) is 5.24. The fourth-order valence-electron chi connectivity index (χ4n) is 1.73. The van der Waals surface area contributed by atoms with E-state index in [1.165, 1.54) is 28.4 Å². The number of likely N-dealkylation sites (N-methyl/N-ethyl adjacent to an activating group) is 1. The summed E-state index contributed by atoms with van der Waals surface area (Å²) in [7, 11) is 1.59. The molecule has 0 radical (unpaired) electrons. The number of thiazole rings is 1. The van der Waals surface area contributed by atoms with Crippen LogP contribution in [0.25, 0.3) is 0 Å². The number of aromatic nitrogens is 1. The van der Waals surface area contributed by atoms with Crippen LogP contribution >= 0.6 is 11.3 Å². The summed E-state index contributed by atoms with van der Waals surface area (Å²) in [6.45, 7) is 0.167. The third-order valence-electron chi connectivity index (χ3n) is 2.82. The summed E-state index contributed by atoms with van der Waals surface area (Å²) >= 11 is 1.34. The van der Waals surface area contributed by atoms with Crippen LogP contribution in [-0.2, 0) is 6.42 Å². The average molecular weight is 309 g/mol. The van der Waals surface area contributed by atoms with Crippen molar-refractivity contribution in [3.05, 3.63) is 46.7 Å². The Hall–Kier alpha value is -1.99. The number of rotatable bonds is 5. The second-order valence-electron chi connectivity index (χ2n) is 4.51. The predicted octanol–water partition coefficient (Wildman–Crippen LogP) is 2.33. The number of amides is 2. The third kappa shape index (κ3) is 4.51. The largest absolute Gasteiger partial charge is 0.395 e. The topological polar surface area (TPSA) is 65.5 Å². The molecule has 7 heteroatoms. The van der Waals surface area contributed by atoms with Crippen LogP contribution in [0.15, 0.2) is 30.5 Å². The van der Waals surface area contributed by atoms with Crippen LogP contribution in [0.5, 0.6) is 0 Å². The van der Waals surface area contributed by atoms with Gasteiger partial charge in [-0.2, -0.15) is 0 Å². The second kappa shape index (κ2) is 7.14. The standard InChI is InChI=1S/C14H16FN3O2S/c1-18(5-6-19)14(20)17-13-16-9-12(21-13)8-10-3-2-4-11(15)7-10/h2-4,7,9,19H,5-6,8H2,1H3,(H,16,17,20). The van der Waals surface area contributed by atoms with Gasteiger partial charge in [0.25, 0.3) is 0 Å². The number of nitrogens with zero attached hydrogens (tertiary/aromatic N) is 2. The van der Waals surface area contributed by atoms with Crippen molar-refractivity contribution in [2.45, 2.75) is 6.42 Å². The van der Waals surface area contributed by atoms with Crippen LogP contribution in [0.2, 0.25) is 0 Å². The van der Waals surface area contributed by atoms with E-state index >= 15 is 0 Å². The molecule has 2 rings (SSSR count). The molecule has 2 aromatic rings. The van der Waals surface area contributed by atoms with E-state index in [4.69, 9.17) is 5.11 Å². The smallest absolute Gasteiger partial charge is 0.323 e. The number of aliphatic hydroxyl groups is 1. The maximum atomic E-state index is 13.1. The molecule has 21 heavy (non-hydrogen) atoms. The summed E-state index contributed by atoms with van der Waals surface area (Å²) in [5.74, 6) is -0.267. The highest BCUT2D eigenvalue weighted by atomic mass is 32.1. The Bertz CT molecular complexity index is 618. The molecule has 1 aromatic heterocycles. The Morgan fingerprint density at radius 1 is 1.52 bits per heavy atom. The molecular formula is C14H16FN3O2S. The van der Waals surface area contributed by atoms with E-state index < -0.39 is 0 Å². The summed E-state index contributed by atoms with van der Waals surface area (Å²) in [6, 6.07) is 6.07. The molecule has 0 aliphatic carbocycles. The van der Waals surface area contributed by atoms with Crippen LogP contribution in [0.4, 0.5) is 14.3 Å². The molecule has 0 aliphatic rings. The zero-order valence-corrected chi connectivity index (χ0v) is 12.4. The number of nitrogens with one attached hydrogen (secondary N) is 1. The molecular weight excluding hydrogens is 293 g/mol. The van der Waals surface area contributed by atoms with E-state index in [1.54, 1.807) is 19.3 Å². The molecule has 0 saturated carbocycles. The minimum atomic E-state index is -0.323. The average Bonchev–Trinajstić information content (AvgIpc) is 2.86. The predicted molar refractivity (Wildman–Crippen MR) is 80.1 cm³/mol. The first kappa shape index (κ1) is 15.4. The SMILES string of the molecule is CN(CCO)C(=O)Nc1ncc(Cc2cccc(F)c2)s1. The maximum Gasteiger partial charge on any atom is 0.323 e. The monoisotopic (exact) mass is 309 g/mol. The van der Waals surface area contributed by atoms with Gasteiger partial charge in [-0.15, -0.1) is 11.3 Å². The van der Waals surface area contributed by atoms with Gasteiger partial charge < -0.3 is 10.0 Å². The Labute approximate surface area is 126 Å². The van der Waals surface area contributed by atoms with Crippen molar-refractivity contribution in [2.24, 2.45) is 0 Å². The van der Waals surface area contributed by atoms with E-state index in [2.05, 4.69) is 10.3 Å². The van der Waals surface area contributed by atoms with Gasteiger partial charge in [0.1, 0.15) is 5.82 Å². The first-order chi connectivity index (χ1) is 10.1. The lowest BCUT2D eigenvalue weighted by Crippen LogP contribution is -2.33. The highest BCUT2D eigenvalue weighted by Crippen LogP contribution is 2.21. The van der Waals surface area contributed by atoms with Crippen LogP contribution in [0.1, 0.15) is 10.4 Å². The number of hydrogen-bond donors (Lipinski definition) is 2. The first-order valence-electron chi connectivity index (χ1n) is 6.40. The van der Waals surface area contributed by atoms with Crippen molar-refractivity contribution >= 4 is 22.5 Å². The van der Waals surface area contributed by atoms with Crippen LogP contribution in [-0.4, -0.2) is 41.2 Å². The van der Waals surface area contributed by atoms with Crippen molar-refractivity contribution in [2.75, 3.05) is 25.5 Å². The van der Waals surface area contributed by atoms with Gasteiger partial charge in [-0.1, -0.05) is 12.1 Å². The number of benzene rings is 1. The molecule has 1 aromatic carbocycles. The second-order valence-corrected chi connectivity index (χ2v) is 5.63. The van der Waals surface area contributed by atoms with E-state index in [1.807, 2.05) is 6.07 Å². The Morgan fingerprint density at radius 2 is 2.33 bits per heavy atom. The number of anilines is 1. The zero-order chi connectivity index (χ0) is 15.2. The molecule has 0 bridgehead atoms. The van der Waals surface area contributed by atoms with Crippen molar-refractivity contribution in [3.63, 3.8) is 0 Å². The third-order valence-corrected chi connectivity index (χ3v) is 3.73. The van der Waals surface area contributed by atoms with Gasteiger partial charge in [-0.3, -0.25) is 5.32 Å². The van der Waals surface area contributed by atoms with Gasteiger partial charge >= 0.3 is 6.03 Å². The Morgan fingerprint density at radius 3 is 3.05 bits per heavy atom. The van der Waals surface area contributed by atoms with E-state index in [-0.39, 0.29) is 25.0 Å². The highest BCUT2D eigenvalue weighted by Gasteiger charge is 2.11. The van der Waals surface area contributed by atoms with Crippen LogP contribution in [0, 0.1) is 5.82 Å². The van der Waals surface area contributed by atoms with Crippen LogP contribution < -0.4 is 5.32 Å². The lowest BCUT2D eigenvalue weighted by atomic mass is 10.1. The van der Waals surface area contributed by atoms with Crippen LogP contribution in [0.3, 0.4) is 0 Å². The zero-order valence-electron chi connectivity index (χ0n) is 11.5. The first-order valence-corrected chi connectivity index (χ1v) is 7.22. The minimum absolute atomic E-state index is 0.0907. The fraction of sp³-hybridized carbons (Fsp3) is 0.286. The molecule has 0 spiro atoms. The van der Waals surface area contributed by atoms with Gasteiger partial charge in [-0.05, 0) is 17.7 Å². The molecule has 0 fully saturated rings. The fourth-order valence-corrected chi connectivity index (χ4v) is 2.57. The number of urea groups is 1. The van der Waals surface area contributed by atoms with Gasteiger partial charge in [0.2, 0.25) is 0 Å². The van der Waals surface area contributed by atoms with Crippen molar-refractivity contribution < 1.29 is 14.3 Å². The lowest BCUT2D eigenvalue weighted by molar-refractivity contribution is 0.202. The normalized spacial score (nSPS) is 10.4. The molecule has 112 valence electrons. The van der Waals surface area contributed by atoms with Gasteiger partial charge in [0.05, 0.1) is 6.61 Å². The molecule has 0 aliphatic heterocycles. The van der Waals surface area contributed by atoms with Gasteiger partial charge in [0, 0.05) is 31.1 Å². The molecule has 1 heterocycles. The van der Waals surface area contributed by atoms with Gasteiger partial charge in [-0.25, -0.2) is 14.2 Å². The summed E-state index contributed by atoms with van der Waals surface area (Å²) in [5, 5.41) is 11.9. The van der Waals surface area contributed by atoms with E-state index in [0.717, 1.165) is 10.4 Å². The summed E-state index contributed by atoms with van der Waals surface area (Å²) in [5.41, 5.74) is 0.855.